The van der Waals surface area contributed by atoms with E-state index in [-0.39, 0.29) is 11.8 Å². The van der Waals surface area contributed by atoms with Crippen molar-refractivity contribution in [2.24, 2.45) is 5.41 Å². The molecule has 4 rings (SSSR count). The number of rotatable bonds is 11. The highest BCUT2D eigenvalue weighted by atomic mass is 16.5. The summed E-state index contributed by atoms with van der Waals surface area (Å²) < 4.78 is 6.10. The molecule has 2 amide bonds. The molecule has 0 bridgehead atoms. The smallest absolute Gasteiger partial charge is 0.242 e. The van der Waals surface area contributed by atoms with Crippen molar-refractivity contribution in [3.63, 3.8) is 0 Å². The molecule has 1 aromatic carbocycles. The van der Waals surface area contributed by atoms with Gasteiger partial charge in [-0.2, -0.15) is 0 Å². The molecule has 2 aromatic heterocycles. The van der Waals surface area contributed by atoms with Crippen LogP contribution in [-0.4, -0.2) is 55.1 Å². The minimum absolute atomic E-state index is 0.180. The summed E-state index contributed by atoms with van der Waals surface area (Å²) in [6, 6.07) is 13.9. The van der Waals surface area contributed by atoms with E-state index >= 15 is 0 Å². The summed E-state index contributed by atoms with van der Waals surface area (Å²) in [5, 5.41) is 0. The number of pyridine rings is 2. The number of hydrogen-bond acceptors (Lipinski definition) is 6. The standard InChI is InChI=1S/C31H39N5O3/c1-6-35-27-14-13-26(21-28(27)36(7-2)30(38)31(3,4)29(35)37)39-19-9-18-34(5)25-15-17-33-24(20-25)12-11-23-10-8-16-32-22-23/h8,10,13-17,20-22H,6-7,9,11-12,18-19H2,1-5H3. The minimum Gasteiger partial charge on any atom is -0.493 e. The van der Waals surface area contributed by atoms with Crippen LogP contribution in [0.25, 0.3) is 0 Å². The average Bonchev–Trinajstić information content (AvgIpc) is 3.01. The predicted octanol–water partition coefficient (Wildman–Crippen LogP) is 4.91. The summed E-state index contributed by atoms with van der Waals surface area (Å²) in [5.41, 5.74) is 3.72. The molecule has 8 heteroatoms. The van der Waals surface area contributed by atoms with E-state index in [2.05, 4.69) is 34.0 Å². The number of hydrogen-bond donors (Lipinski definition) is 0. The van der Waals surface area contributed by atoms with Gasteiger partial charge >= 0.3 is 0 Å². The lowest BCUT2D eigenvalue weighted by Crippen LogP contribution is -2.48. The van der Waals surface area contributed by atoms with Crippen LogP contribution in [-0.2, 0) is 22.4 Å². The van der Waals surface area contributed by atoms with Crippen LogP contribution in [0.1, 0.15) is 45.4 Å². The number of ether oxygens (including phenoxy) is 1. The van der Waals surface area contributed by atoms with Crippen molar-refractivity contribution in [2.45, 2.75) is 47.0 Å². The van der Waals surface area contributed by atoms with Crippen LogP contribution < -0.4 is 19.4 Å². The van der Waals surface area contributed by atoms with Gasteiger partial charge < -0.3 is 19.4 Å². The number of nitrogens with zero attached hydrogens (tertiary/aromatic N) is 5. The Morgan fingerprint density at radius 3 is 2.36 bits per heavy atom. The number of carbonyl (C=O) groups excluding carboxylic acids is 2. The Labute approximate surface area is 231 Å². The Morgan fingerprint density at radius 2 is 1.67 bits per heavy atom. The topological polar surface area (TPSA) is 78.9 Å². The molecule has 0 radical (unpaired) electrons. The fraction of sp³-hybridized carbons (Fsp3) is 0.419. The van der Waals surface area contributed by atoms with Gasteiger partial charge in [-0.1, -0.05) is 6.07 Å². The van der Waals surface area contributed by atoms with Gasteiger partial charge in [-0.3, -0.25) is 19.6 Å². The number of amides is 2. The Kier molecular flexibility index (Phi) is 8.84. The molecule has 0 aliphatic carbocycles. The largest absolute Gasteiger partial charge is 0.493 e. The predicted molar refractivity (Wildman–Crippen MR) is 156 cm³/mol. The molecule has 1 aliphatic rings. The van der Waals surface area contributed by atoms with Crippen LogP contribution in [0.15, 0.2) is 61.1 Å². The van der Waals surface area contributed by atoms with Crippen LogP contribution in [0.2, 0.25) is 0 Å². The Balaban J connectivity index is 1.36. The maximum atomic E-state index is 13.3. The van der Waals surface area contributed by atoms with Gasteiger partial charge in [0, 0.05) is 62.7 Å². The number of aromatic nitrogens is 2. The summed E-state index contributed by atoms with van der Waals surface area (Å²) in [4.78, 5) is 40.8. The number of fused-ring (bicyclic) bond motifs is 1. The van der Waals surface area contributed by atoms with Gasteiger partial charge in [0.2, 0.25) is 11.8 Å². The van der Waals surface area contributed by atoms with E-state index in [1.165, 1.54) is 5.56 Å². The van der Waals surface area contributed by atoms with Gasteiger partial charge in [-0.15, -0.1) is 0 Å². The maximum absolute atomic E-state index is 13.3. The molecule has 0 saturated carbocycles. The first kappa shape index (κ1) is 28.1. The third-order valence-electron chi connectivity index (χ3n) is 7.26. The highest BCUT2D eigenvalue weighted by Gasteiger charge is 2.45. The summed E-state index contributed by atoms with van der Waals surface area (Å²) >= 11 is 0. The monoisotopic (exact) mass is 529 g/mol. The van der Waals surface area contributed by atoms with Crippen molar-refractivity contribution < 1.29 is 14.3 Å². The third-order valence-corrected chi connectivity index (χ3v) is 7.26. The number of carbonyl (C=O) groups is 2. The highest BCUT2D eigenvalue weighted by Crippen LogP contribution is 2.40. The second-order valence-electron chi connectivity index (χ2n) is 10.4. The van der Waals surface area contributed by atoms with Gasteiger partial charge in [-0.05, 0) is 82.9 Å². The molecule has 3 aromatic rings. The molecule has 39 heavy (non-hydrogen) atoms. The Hall–Kier alpha value is -3.94. The second kappa shape index (κ2) is 12.3. The van der Waals surface area contributed by atoms with Crippen LogP contribution in [0.3, 0.4) is 0 Å². The second-order valence-corrected chi connectivity index (χ2v) is 10.4. The van der Waals surface area contributed by atoms with Crippen molar-refractivity contribution in [1.82, 2.24) is 9.97 Å². The molecule has 0 spiro atoms. The first-order valence-electron chi connectivity index (χ1n) is 13.7. The van der Waals surface area contributed by atoms with Gasteiger partial charge in [0.05, 0.1) is 18.0 Å². The molecule has 0 atom stereocenters. The van der Waals surface area contributed by atoms with Crippen LogP contribution in [0, 0.1) is 5.41 Å². The van der Waals surface area contributed by atoms with Gasteiger partial charge in [0.1, 0.15) is 11.2 Å². The lowest BCUT2D eigenvalue weighted by Gasteiger charge is -2.27. The lowest BCUT2D eigenvalue weighted by molar-refractivity contribution is -0.137. The zero-order valence-electron chi connectivity index (χ0n) is 23.7. The normalized spacial score (nSPS) is 14.7. The molecule has 206 valence electrons. The molecule has 0 unspecified atom stereocenters. The first-order chi connectivity index (χ1) is 18.8. The van der Waals surface area contributed by atoms with E-state index < -0.39 is 5.41 Å². The summed E-state index contributed by atoms with van der Waals surface area (Å²) in [6.07, 6.45) is 8.15. The molecular formula is C31H39N5O3. The van der Waals surface area contributed by atoms with Gasteiger partial charge in [0.25, 0.3) is 0 Å². The van der Waals surface area contributed by atoms with Crippen molar-refractivity contribution in [1.29, 1.82) is 0 Å². The van der Waals surface area contributed by atoms with Crippen molar-refractivity contribution in [2.75, 3.05) is 48.0 Å². The first-order valence-corrected chi connectivity index (χ1v) is 13.7. The maximum Gasteiger partial charge on any atom is 0.242 e. The fourth-order valence-electron chi connectivity index (χ4n) is 4.93. The summed E-state index contributed by atoms with van der Waals surface area (Å²) in [6.45, 7) is 9.59. The number of aryl methyl sites for hydroxylation is 2. The molecule has 8 nitrogen and oxygen atoms in total. The van der Waals surface area contributed by atoms with Crippen LogP contribution in [0.5, 0.6) is 5.75 Å². The van der Waals surface area contributed by atoms with E-state index in [1.54, 1.807) is 29.8 Å². The zero-order chi connectivity index (χ0) is 28.0. The van der Waals surface area contributed by atoms with E-state index in [4.69, 9.17) is 4.74 Å². The molecule has 0 saturated heterocycles. The average molecular weight is 530 g/mol. The number of benzene rings is 1. The lowest BCUT2D eigenvalue weighted by atomic mass is 9.90. The summed E-state index contributed by atoms with van der Waals surface area (Å²) in [5.74, 6) is 0.316. The molecule has 0 fully saturated rings. The van der Waals surface area contributed by atoms with E-state index in [9.17, 15) is 9.59 Å². The van der Waals surface area contributed by atoms with Crippen molar-refractivity contribution >= 4 is 28.9 Å². The molecular weight excluding hydrogens is 490 g/mol. The quantitative estimate of drug-likeness (QED) is 0.259. The minimum atomic E-state index is -1.12. The SMILES string of the molecule is CCN1C(=O)C(C)(C)C(=O)N(CC)c2cc(OCCCN(C)c3ccnc(CCc4cccnc4)c3)ccc21. The third kappa shape index (κ3) is 6.21. The van der Waals surface area contributed by atoms with E-state index in [0.717, 1.165) is 42.9 Å². The summed E-state index contributed by atoms with van der Waals surface area (Å²) in [7, 11) is 2.07. The molecule has 3 heterocycles. The van der Waals surface area contributed by atoms with Crippen molar-refractivity contribution in [3.8, 4) is 5.75 Å². The van der Waals surface area contributed by atoms with Crippen LogP contribution in [0.4, 0.5) is 17.1 Å². The molecule has 1 aliphatic heterocycles. The van der Waals surface area contributed by atoms with Gasteiger partial charge in [-0.25, -0.2) is 0 Å². The van der Waals surface area contributed by atoms with Gasteiger partial charge in [0.15, 0.2) is 0 Å². The highest BCUT2D eigenvalue weighted by molar-refractivity contribution is 6.20. The number of anilines is 3. The zero-order valence-corrected chi connectivity index (χ0v) is 23.7. The van der Waals surface area contributed by atoms with Crippen molar-refractivity contribution in [3.05, 3.63) is 72.3 Å². The van der Waals surface area contributed by atoms with E-state index in [0.29, 0.717) is 31.1 Å². The van der Waals surface area contributed by atoms with E-state index in [1.807, 2.05) is 56.6 Å². The fourth-order valence-corrected chi connectivity index (χ4v) is 4.93. The molecule has 0 N–H and O–H groups in total. The Morgan fingerprint density at radius 1 is 0.923 bits per heavy atom. The Bertz CT molecular complexity index is 1290. The van der Waals surface area contributed by atoms with Crippen LogP contribution >= 0.6 is 0 Å².